The lowest BCUT2D eigenvalue weighted by molar-refractivity contribution is -0.135. The van der Waals surface area contributed by atoms with E-state index in [9.17, 15) is 18.8 Å². The van der Waals surface area contributed by atoms with E-state index in [4.69, 9.17) is 23.7 Å². The lowest BCUT2D eigenvalue weighted by Crippen LogP contribution is -2.34. The first kappa shape index (κ1) is 25.3. The van der Waals surface area contributed by atoms with Crippen molar-refractivity contribution >= 4 is 5.97 Å². The van der Waals surface area contributed by atoms with Gasteiger partial charge in [-0.15, -0.1) is 0 Å². The molecule has 0 unspecified atom stereocenters. The zero-order valence-electron chi connectivity index (χ0n) is 19.7. The summed E-state index contributed by atoms with van der Waals surface area (Å²) in [5.41, 5.74) is -0.316. The van der Waals surface area contributed by atoms with E-state index in [1.807, 2.05) is 18.2 Å². The average molecular weight is 488 g/mol. The van der Waals surface area contributed by atoms with Crippen molar-refractivity contribution in [2.75, 3.05) is 28.4 Å². The molecule has 0 radical (unpaired) electrons. The van der Waals surface area contributed by atoms with E-state index in [-0.39, 0.29) is 5.75 Å². The molecule has 2 aromatic carbocycles. The molecule has 3 aromatic rings. The third kappa shape index (κ3) is 5.99. The minimum absolute atomic E-state index is 0.137. The minimum Gasteiger partial charge on any atom is -0.493 e. The van der Waals surface area contributed by atoms with Crippen LogP contribution in [0.15, 0.2) is 46.1 Å². The van der Waals surface area contributed by atoms with Gasteiger partial charge in [-0.2, -0.15) is 4.39 Å². The van der Waals surface area contributed by atoms with Crippen molar-refractivity contribution in [3.8, 4) is 28.7 Å². The number of esters is 1. The molecule has 11 heteroatoms. The molecule has 1 aromatic heterocycles. The second-order valence-electron chi connectivity index (χ2n) is 7.36. The highest BCUT2D eigenvalue weighted by Gasteiger charge is 2.16. The van der Waals surface area contributed by atoms with Crippen LogP contribution < -0.4 is 34.9 Å². The van der Waals surface area contributed by atoms with Crippen LogP contribution in [0.2, 0.25) is 0 Å². The van der Waals surface area contributed by atoms with E-state index < -0.39 is 29.6 Å². The molecule has 0 aliphatic carbocycles. The van der Waals surface area contributed by atoms with Crippen molar-refractivity contribution in [1.82, 2.24) is 9.55 Å². The van der Waals surface area contributed by atoms with Gasteiger partial charge in [0.2, 0.25) is 11.6 Å². The van der Waals surface area contributed by atoms with Crippen LogP contribution in [0, 0.1) is 5.82 Å². The fraction of sp³-hybridized carbons (Fsp3) is 0.292. The highest BCUT2D eigenvalue weighted by Crippen LogP contribution is 2.38. The number of aryl methyl sites for hydroxylation is 2. The van der Waals surface area contributed by atoms with Gasteiger partial charge < -0.3 is 23.7 Å². The molecule has 186 valence electrons. The summed E-state index contributed by atoms with van der Waals surface area (Å²) in [5, 5.41) is 0. The Morgan fingerprint density at radius 3 is 2.06 bits per heavy atom. The molecule has 0 aliphatic rings. The third-order valence-electron chi connectivity index (χ3n) is 5.15. The summed E-state index contributed by atoms with van der Waals surface area (Å²) in [7, 11) is 6.04. The Kier molecular flexibility index (Phi) is 8.13. The first-order chi connectivity index (χ1) is 16.8. The molecule has 0 saturated carbocycles. The number of hydrogen-bond donors (Lipinski definition) is 1. The van der Waals surface area contributed by atoms with Crippen LogP contribution in [0.25, 0.3) is 0 Å². The van der Waals surface area contributed by atoms with Crippen molar-refractivity contribution in [3.63, 3.8) is 0 Å². The van der Waals surface area contributed by atoms with Crippen molar-refractivity contribution in [2.24, 2.45) is 0 Å². The maximum Gasteiger partial charge on any atom is 0.331 e. The van der Waals surface area contributed by atoms with Gasteiger partial charge in [-0.25, -0.2) is 9.59 Å². The van der Waals surface area contributed by atoms with E-state index in [1.165, 1.54) is 14.2 Å². The number of carbonyl (C=O) groups is 1. The number of nitrogens with zero attached hydrogens (tertiary/aromatic N) is 1. The van der Waals surface area contributed by atoms with E-state index in [1.54, 1.807) is 31.3 Å². The van der Waals surface area contributed by atoms with Gasteiger partial charge in [0.15, 0.2) is 23.0 Å². The van der Waals surface area contributed by atoms with Crippen molar-refractivity contribution in [2.45, 2.75) is 19.4 Å². The molecule has 0 atom stereocenters. The Labute approximate surface area is 199 Å². The molecule has 0 aliphatic heterocycles. The standard InChI is InChI=1S/C24H25FN2O8/c1-31-17-8-7-14(5-6-15-10-19(32-2)22(34-4)20(11-15)33-3)9-18(17)35-21(28)13-27-12-16(25)23(29)26-24(27)30/h7-12H,5-6,13H2,1-4H3,(H,26,29,30). The normalized spacial score (nSPS) is 10.5. The number of aromatic amines is 1. The second kappa shape index (κ2) is 11.2. The van der Waals surface area contributed by atoms with Gasteiger partial charge >= 0.3 is 11.7 Å². The van der Waals surface area contributed by atoms with Gasteiger partial charge in [-0.3, -0.25) is 14.3 Å². The van der Waals surface area contributed by atoms with Crippen molar-refractivity contribution in [3.05, 3.63) is 74.3 Å². The molecule has 10 nitrogen and oxygen atoms in total. The van der Waals surface area contributed by atoms with Crippen molar-refractivity contribution in [1.29, 1.82) is 0 Å². The van der Waals surface area contributed by atoms with Gasteiger partial charge in [-0.05, 0) is 48.2 Å². The SMILES string of the molecule is COc1ccc(CCc2cc(OC)c(OC)c(OC)c2)cc1OC(=O)Cn1cc(F)c(=O)[nH]c1=O. The zero-order chi connectivity index (χ0) is 25.5. The quantitative estimate of drug-likeness (QED) is 0.341. The van der Waals surface area contributed by atoms with Crippen LogP contribution in [0.5, 0.6) is 28.7 Å². The Morgan fingerprint density at radius 2 is 1.46 bits per heavy atom. The third-order valence-corrected chi connectivity index (χ3v) is 5.15. The number of ether oxygens (including phenoxy) is 5. The molecule has 0 fully saturated rings. The lowest BCUT2D eigenvalue weighted by Gasteiger charge is -2.15. The van der Waals surface area contributed by atoms with E-state index in [0.717, 1.165) is 11.1 Å². The summed E-state index contributed by atoms with van der Waals surface area (Å²) in [6, 6.07) is 8.83. The summed E-state index contributed by atoms with van der Waals surface area (Å²) >= 11 is 0. The Bertz CT molecular complexity index is 1310. The molecule has 0 saturated heterocycles. The predicted octanol–water partition coefficient (Wildman–Crippen LogP) is 2.10. The number of benzene rings is 2. The number of rotatable bonds is 10. The number of methoxy groups -OCH3 is 4. The predicted molar refractivity (Wildman–Crippen MR) is 123 cm³/mol. The summed E-state index contributed by atoms with van der Waals surface area (Å²) in [5.74, 6) is -0.0192. The summed E-state index contributed by atoms with van der Waals surface area (Å²) < 4.78 is 40.9. The minimum atomic E-state index is -1.19. The van der Waals surface area contributed by atoms with Gasteiger partial charge in [0.25, 0.3) is 5.56 Å². The summed E-state index contributed by atoms with van der Waals surface area (Å²) in [6.07, 6.45) is 1.84. The number of halogens is 1. The van der Waals surface area contributed by atoms with Crippen molar-refractivity contribution < 1.29 is 32.9 Å². The molecule has 3 rings (SSSR count). The monoisotopic (exact) mass is 488 g/mol. The first-order valence-electron chi connectivity index (χ1n) is 10.4. The van der Waals surface area contributed by atoms with Gasteiger partial charge in [-0.1, -0.05) is 6.07 Å². The smallest absolute Gasteiger partial charge is 0.331 e. The topological polar surface area (TPSA) is 118 Å². The molecule has 35 heavy (non-hydrogen) atoms. The zero-order valence-corrected chi connectivity index (χ0v) is 19.7. The number of aromatic nitrogens is 2. The van der Waals surface area contributed by atoms with Crippen LogP contribution in [0.3, 0.4) is 0 Å². The summed E-state index contributed by atoms with van der Waals surface area (Å²) in [6.45, 7) is -0.606. The maximum atomic E-state index is 13.5. The van der Waals surface area contributed by atoms with Crippen LogP contribution in [-0.2, 0) is 24.2 Å². The van der Waals surface area contributed by atoms with Gasteiger partial charge in [0.1, 0.15) is 6.54 Å². The Morgan fingerprint density at radius 1 is 0.857 bits per heavy atom. The van der Waals surface area contributed by atoms with Crippen LogP contribution in [0.1, 0.15) is 11.1 Å². The highest BCUT2D eigenvalue weighted by atomic mass is 19.1. The molecule has 0 bridgehead atoms. The number of hydrogen-bond acceptors (Lipinski definition) is 8. The maximum absolute atomic E-state index is 13.5. The van der Waals surface area contributed by atoms with Crippen LogP contribution in [-0.4, -0.2) is 44.0 Å². The van der Waals surface area contributed by atoms with Gasteiger partial charge in [0, 0.05) is 0 Å². The lowest BCUT2D eigenvalue weighted by atomic mass is 10.0. The molecule has 0 spiro atoms. The average Bonchev–Trinajstić information content (AvgIpc) is 2.85. The highest BCUT2D eigenvalue weighted by molar-refractivity contribution is 5.73. The van der Waals surface area contributed by atoms with E-state index >= 15 is 0 Å². The number of H-pyrrole nitrogens is 1. The molecule has 1 heterocycles. The largest absolute Gasteiger partial charge is 0.493 e. The fourth-order valence-corrected chi connectivity index (χ4v) is 3.42. The number of nitrogens with one attached hydrogen (secondary N) is 1. The Balaban J connectivity index is 1.77. The second-order valence-corrected chi connectivity index (χ2v) is 7.36. The molecular formula is C24H25FN2O8. The molecular weight excluding hydrogens is 463 g/mol. The van der Waals surface area contributed by atoms with Gasteiger partial charge in [0.05, 0.1) is 34.6 Å². The summed E-state index contributed by atoms with van der Waals surface area (Å²) in [4.78, 5) is 37.1. The van der Waals surface area contributed by atoms with E-state index in [0.29, 0.717) is 46.6 Å². The molecule has 1 N–H and O–H groups in total. The fourth-order valence-electron chi connectivity index (χ4n) is 3.42. The van der Waals surface area contributed by atoms with E-state index in [2.05, 4.69) is 0 Å². The molecule has 0 amide bonds. The Hall–Kier alpha value is -4.28. The van der Waals surface area contributed by atoms with Crippen LogP contribution in [0.4, 0.5) is 4.39 Å². The van der Waals surface area contributed by atoms with Crippen LogP contribution >= 0.6 is 0 Å². The first-order valence-corrected chi connectivity index (χ1v) is 10.4. The number of carbonyl (C=O) groups excluding carboxylic acids is 1.